The second-order valence-corrected chi connectivity index (χ2v) is 5.91. The highest BCUT2D eigenvalue weighted by molar-refractivity contribution is 9.10. The molecule has 0 unspecified atom stereocenters. The Labute approximate surface area is 121 Å². The quantitative estimate of drug-likeness (QED) is 0.794. The van der Waals surface area contributed by atoms with Crippen molar-refractivity contribution in [3.8, 4) is 11.8 Å². The lowest BCUT2D eigenvalue weighted by molar-refractivity contribution is 0.0930. The number of nitrogens with zero attached hydrogens (tertiary/aromatic N) is 1. The van der Waals surface area contributed by atoms with E-state index < -0.39 is 5.41 Å². The molecular weight excluding hydrogens is 306 g/mol. The van der Waals surface area contributed by atoms with Crippen molar-refractivity contribution in [3.05, 3.63) is 26.7 Å². The van der Waals surface area contributed by atoms with E-state index in [4.69, 9.17) is 4.74 Å². The Morgan fingerprint density at radius 2 is 1.84 bits per heavy atom. The molecule has 4 heteroatoms. The largest absolute Gasteiger partial charge is 0.496 e. The summed E-state index contributed by atoms with van der Waals surface area (Å²) < 4.78 is 6.35. The topological polar surface area (TPSA) is 50.1 Å². The molecule has 0 atom stereocenters. The van der Waals surface area contributed by atoms with E-state index in [9.17, 15) is 10.1 Å². The maximum Gasteiger partial charge on any atom is 0.187 e. The van der Waals surface area contributed by atoms with E-state index in [0.717, 1.165) is 21.2 Å². The van der Waals surface area contributed by atoms with Gasteiger partial charge in [0.25, 0.3) is 0 Å². The van der Waals surface area contributed by atoms with Crippen molar-refractivity contribution >= 4 is 21.7 Å². The van der Waals surface area contributed by atoms with Crippen LogP contribution in [0.5, 0.6) is 5.75 Å². The molecule has 0 saturated heterocycles. The first-order valence-electron chi connectivity index (χ1n) is 6.19. The van der Waals surface area contributed by atoms with Crippen LogP contribution in [0.25, 0.3) is 0 Å². The summed E-state index contributed by atoms with van der Waals surface area (Å²) in [5.41, 5.74) is 2.59. The van der Waals surface area contributed by atoms with Gasteiger partial charge in [-0.15, -0.1) is 0 Å². The highest BCUT2D eigenvalue weighted by atomic mass is 79.9. The van der Waals surface area contributed by atoms with Gasteiger partial charge in [0, 0.05) is 4.47 Å². The second-order valence-electron chi connectivity index (χ2n) is 5.12. The number of nitriles is 1. The Bertz CT molecular complexity index is 610. The normalized spacial score (nSPS) is 15.8. The standard InChI is InChI=1S/C15H16BrNO2/c1-8-9(2)13(19-4)11(10(3)12(8)16)14(18)15(7-17)5-6-15/h5-6H2,1-4H3. The van der Waals surface area contributed by atoms with Gasteiger partial charge in [0.1, 0.15) is 11.2 Å². The Morgan fingerprint density at radius 3 is 2.26 bits per heavy atom. The fraction of sp³-hybridized carbons (Fsp3) is 0.467. The third-order valence-corrected chi connectivity index (χ3v) is 5.18. The lowest BCUT2D eigenvalue weighted by atomic mass is 9.89. The summed E-state index contributed by atoms with van der Waals surface area (Å²) in [7, 11) is 1.57. The lowest BCUT2D eigenvalue weighted by Gasteiger charge is -2.19. The van der Waals surface area contributed by atoms with Gasteiger partial charge >= 0.3 is 0 Å². The van der Waals surface area contributed by atoms with E-state index in [1.807, 2.05) is 20.8 Å². The summed E-state index contributed by atoms with van der Waals surface area (Å²) in [5, 5.41) is 9.21. The van der Waals surface area contributed by atoms with E-state index in [0.29, 0.717) is 24.2 Å². The van der Waals surface area contributed by atoms with E-state index in [2.05, 4.69) is 22.0 Å². The molecule has 0 N–H and O–H groups in total. The summed E-state index contributed by atoms with van der Waals surface area (Å²) in [4.78, 5) is 12.7. The average molecular weight is 322 g/mol. The number of rotatable bonds is 3. The van der Waals surface area contributed by atoms with Gasteiger partial charge in [0.05, 0.1) is 18.7 Å². The van der Waals surface area contributed by atoms with Gasteiger partial charge < -0.3 is 4.74 Å². The smallest absolute Gasteiger partial charge is 0.187 e. The van der Waals surface area contributed by atoms with Crippen LogP contribution in [0.4, 0.5) is 0 Å². The molecule has 0 aliphatic heterocycles. The number of carbonyl (C=O) groups excluding carboxylic acids is 1. The number of hydrogen-bond donors (Lipinski definition) is 0. The number of methoxy groups -OCH3 is 1. The number of hydrogen-bond acceptors (Lipinski definition) is 3. The summed E-state index contributed by atoms with van der Waals surface area (Å²) >= 11 is 3.53. The third-order valence-electron chi connectivity index (χ3n) is 3.99. The fourth-order valence-corrected chi connectivity index (χ4v) is 2.86. The number of ether oxygens (including phenoxy) is 1. The highest BCUT2D eigenvalue weighted by Gasteiger charge is 2.52. The minimum atomic E-state index is -0.820. The molecule has 1 aliphatic rings. The van der Waals surface area contributed by atoms with Crippen LogP contribution >= 0.6 is 15.9 Å². The highest BCUT2D eigenvalue weighted by Crippen LogP contribution is 2.50. The molecule has 19 heavy (non-hydrogen) atoms. The van der Waals surface area contributed by atoms with Crippen molar-refractivity contribution in [2.75, 3.05) is 7.11 Å². The maximum absolute atomic E-state index is 12.7. The zero-order valence-electron chi connectivity index (χ0n) is 11.6. The van der Waals surface area contributed by atoms with E-state index in [-0.39, 0.29) is 5.78 Å². The molecule has 100 valence electrons. The van der Waals surface area contributed by atoms with Crippen LogP contribution < -0.4 is 4.74 Å². The minimum absolute atomic E-state index is 0.104. The Kier molecular flexibility index (Phi) is 3.44. The summed E-state index contributed by atoms with van der Waals surface area (Å²) in [6.45, 7) is 5.81. The van der Waals surface area contributed by atoms with Gasteiger partial charge in [-0.1, -0.05) is 15.9 Å². The lowest BCUT2D eigenvalue weighted by Crippen LogP contribution is -2.17. The van der Waals surface area contributed by atoms with Crippen LogP contribution in [-0.2, 0) is 0 Å². The number of carbonyl (C=O) groups is 1. The van der Waals surface area contributed by atoms with Crippen molar-refractivity contribution in [2.45, 2.75) is 33.6 Å². The second kappa shape index (κ2) is 4.64. The average Bonchev–Trinajstić information content (AvgIpc) is 3.20. The monoisotopic (exact) mass is 321 g/mol. The molecule has 1 aromatic carbocycles. The molecule has 0 amide bonds. The van der Waals surface area contributed by atoms with Crippen molar-refractivity contribution in [2.24, 2.45) is 5.41 Å². The summed E-state index contributed by atoms with van der Waals surface area (Å²) in [6.07, 6.45) is 1.30. The zero-order valence-corrected chi connectivity index (χ0v) is 13.1. The van der Waals surface area contributed by atoms with Crippen LogP contribution in [0.2, 0.25) is 0 Å². The molecule has 0 heterocycles. The van der Waals surface area contributed by atoms with E-state index in [1.54, 1.807) is 7.11 Å². The molecule has 1 fully saturated rings. The van der Waals surface area contributed by atoms with E-state index >= 15 is 0 Å². The number of Topliss-reactive ketones (excluding diaryl/α,β-unsaturated/α-hetero) is 1. The Hall–Kier alpha value is -1.34. The molecule has 0 aromatic heterocycles. The van der Waals surface area contributed by atoms with Gasteiger partial charge in [-0.3, -0.25) is 4.79 Å². The van der Waals surface area contributed by atoms with Gasteiger partial charge in [-0.05, 0) is 50.3 Å². The molecule has 1 aromatic rings. The Morgan fingerprint density at radius 1 is 1.26 bits per heavy atom. The Balaban J connectivity index is 2.70. The van der Waals surface area contributed by atoms with Crippen LogP contribution in [0.15, 0.2) is 4.47 Å². The molecule has 0 spiro atoms. The maximum atomic E-state index is 12.7. The SMILES string of the molecule is COc1c(C)c(C)c(Br)c(C)c1C(=O)C1(C#N)CC1. The van der Waals surface area contributed by atoms with Crippen LogP contribution in [-0.4, -0.2) is 12.9 Å². The first-order valence-corrected chi connectivity index (χ1v) is 6.98. The van der Waals surface area contributed by atoms with Gasteiger partial charge in [-0.25, -0.2) is 0 Å². The molecule has 1 aliphatic carbocycles. The molecule has 0 radical (unpaired) electrons. The van der Waals surface area contributed by atoms with Gasteiger partial charge in [0.15, 0.2) is 5.78 Å². The first kappa shape index (κ1) is 14.1. The number of benzene rings is 1. The van der Waals surface area contributed by atoms with Gasteiger partial charge in [0.2, 0.25) is 0 Å². The van der Waals surface area contributed by atoms with E-state index in [1.165, 1.54) is 0 Å². The zero-order chi connectivity index (χ0) is 14.4. The molecule has 3 nitrogen and oxygen atoms in total. The third kappa shape index (κ3) is 1.97. The first-order chi connectivity index (χ1) is 8.89. The fourth-order valence-electron chi connectivity index (χ4n) is 2.37. The number of halogens is 1. The number of ketones is 1. The minimum Gasteiger partial charge on any atom is -0.496 e. The molecular formula is C15H16BrNO2. The predicted molar refractivity (Wildman–Crippen MR) is 76.5 cm³/mol. The van der Waals surface area contributed by atoms with Crippen molar-refractivity contribution < 1.29 is 9.53 Å². The summed E-state index contributed by atoms with van der Waals surface area (Å²) in [5.74, 6) is 0.498. The molecule has 0 bridgehead atoms. The van der Waals surface area contributed by atoms with Crippen LogP contribution in [0.3, 0.4) is 0 Å². The van der Waals surface area contributed by atoms with Crippen molar-refractivity contribution in [1.29, 1.82) is 5.26 Å². The molecule has 2 rings (SSSR count). The van der Waals surface area contributed by atoms with Crippen LogP contribution in [0.1, 0.15) is 39.9 Å². The van der Waals surface area contributed by atoms with Gasteiger partial charge in [-0.2, -0.15) is 5.26 Å². The predicted octanol–water partition coefficient (Wildman–Crippen LogP) is 3.87. The molecule has 1 saturated carbocycles. The van der Waals surface area contributed by atoms with Crippen LogP contribution in [0, 0.1) is 37.5 Å². The van der Waals surface area contributed by atoms with Crippen molar-refractivity contribution in [1.82, 2.24) is 0 Å². The summed E-state index contributed by atoms with van der Waals surface area (Å²) in [6, 6.07) is 2.16. The van der Waals surface area contributed by atoms with Crippen molar-refractivity contribution in [3.63, 3.8) is 0 Å².